The van der Waals surface area contributed by atoms with Crippen LogP contribution in [0.3, 0.4) is 0 Å². The second kappa shape index (κ2) is 10.6. The van der Waals surface area contributed by atoms with Crippen molar-refractivity contribution in [3.8, 4) is 0 Å². The third-order valence-corrected chi connectivity index (χ3v) is 7.91. The molecule has 2 aliphatic carbocycles. The highest BCUT2D eigenvalue weighted by Crippen LogP contribution is 2.42. The summed E-state index contributed by atoms with van der Waals surface area (Å²) in [4.78, 5) is 28.2. The van der Waals surface area contributed by atoms with Gasteiger partial charge in [-0.1, -0.05) is 98.2 Å². The van der Waals surface area contributed by atoms with E-state index in [1.54, 1.807) is 0 Å². The fourth-order valence-electron chi connectivity index (χ4n) is 6.04. The lowest BCUT2D eigenvalue weighted by Gasteiger charge is -2.35. The van der Waals surface area contributed by atoms with Crippen LogP contribution in [0.25, 0.3) is 0 Å². The van der Waals surface area contributed by atoms with Crippen molar-refractivity contribution >= 4 is 11.6 Å². The molecule has 2 fully saturated rings. The summed E-state index contributed by atoms with van der Waals surface area (Å²) < 4.78 is 0. The van der Waals surface area contributed by atoms with E-state index in [-0.39, 0.29) is 23.4 Å². The molecule has 0 bridgehead atoms. The van der Waals surface area contributed by atoms with Crippen molar-refractivity contribution in [3.63, 3.8) is 0 Å². The molecule has 0 aromatic heterocycles. The minimum absolute atomic E-state index is 0.0508. The lowest BCUT2D eigenvalue weighted by Crippen LogP contribution is -2.38. The van der Waals surface area contributed by atoms with Crippen molar-refractivity contribution in [1.29, 1.82) is 0 Å². The molecule has 0 N–H and O–H groups in total. The average molecular weight is 431 g/mol. The zero-order valence-electron chi connectivity index (χ0n) is 19.8. The normalized spacial score (nSPS) is 19.9. The van der Waals surface area contributed by atoms with E-state index in [1.165, 1.54) is 31.2 Å². The van der Waals surface area contributed by atoms with E-state index in [9.17, 15) is 9.59 Å². The Kier molecular flexibility index (Phi) is 7.60. The summed E-state index contributed by atoms with van der Waals surface area (Å²) in [7, 11) is 0. The van der Waals surface area contributed by atoms with Crippen molar-refractivity contribution in [3.05, 3.63) is 70.8 Å². The minimum Gasteiger partial charge on any atom is -0.298 e. The highest BCUT2D eigenvalue weighted by molar-refractivity contribution is 6.12. The Hall–Kier alpha value is -2.22. The number of Topliss-reactive ketones (excluding diaryl/α,β-unsaturated/α-hetero) is 2. The first-order valence-electron chi connectivity index (χ1n) is 12.8. The number of hydrogen-bond donors (Lipinski definition) is 0. The Morgan fingerprint density at radius 1 is 0.656 bits per heavy atom. The van der Waals surface area contributed by atoms with E-state index in [0.29, 0.717) is 11.5 Å². The third-order valence-electron chi connectivity index (χ3n) is 7.91. The molecule has 2 heteroatoms. The number of carbonyl (C=O) groups excluding carboxylic acids is 2. The molecule has 2 atom stereocenters. The first kappa shape index (κ1) is 23.0. The van der Waals surface area contributed by atoms with Crippen molar-refractivity contribution in [2.75, 3.05) is 0 Å². The number of rotatable bonds is 7. The Bertz CT molecular complexity index is 897. The second-order valence-electron chi connectivity index (χ2n) is 10.3. The maximum Gasteiger partial charge on any atom is 0.173 e. The number of hydrogen-bond acceptors (Lipinski definition) is 2. The standard InChI is InChI=1S/C30H38O2/c1-21-13-17-25(18-14-21)27(23-9-5-3-6-10-23)30(32)28(24-11-7-4-8-12-24)29(31)26-19-15-22(2)16-20-26/h13-20,23-24,27-28H,3-12H2,1-2H3. The molecular weight excluding hydrogens is 392 g/mol. The number of carbonyl (C=O) groups is 2. The van der Waals surface area contributed by atoms with Gasteiger partial charge in [-0.3, -0.25) is 9.59 Å². The molecule has 0 saturated heterocycles. The van der Waals surface area contributed by atoms with Crippen LogP contribution >= 0.6 is 0 Å². The molecule has 2 unspecified atom stereocenters. The SMILES string of the molecule is Cc1ccc(C(=O)C(C(=O)C(c2ccc(C)cc2)C2CCCCC2)C2CCCCC2)cc1. The molecule has 0 aliphatic heterocycles. The summed E-state index contributed by atoms with van der Waals surface area (Å²) in [5, 5.41) is 0. The molecule has 2 saturated carbocycles. The molecule has 2 aliphatic rings. The van der Waals surface area contributed by atoms with Crippen LogP contribution < -0.4 is 0 Å². The van der Waals surface area contributed by atoms with E-state index < -0.39 is 5.92 Å². The molecule has 2 nitrogen and oxygen atoms in total. The summed E-state index contributed by atoms with van der Waals surface area (Å²) in [6, 6.07) is 16.3. The van der Waals surface area contributed by atoms with Crippen molar-refractivity contribution in [2.45, 2.75) is 84.0 Å². The first-order valence-corrected chi connectivity index (χ1v) is 12.8. The third kappa shape index (κ3) is 5.22. The topological polar surface area (TPSA) is 34.1 Å². The van der Waals surface area contributed by atoms with Crippen LogP contribution in [0, 0.1) is 31.6 Å². The first-order chi connectivity index (χ1) is 15.5. The molecule has 4 rings (SSSR count). The number of ketones is 2. The van der Waals surface area contributed by atoms with Crippen molar-refractivity contribution < 1.29 is 9.59 Å². The van der Waals surface area contributed by atoms with Gasteiger partial charge in [0.1, 0.15) is 0 Å². The molecule has 0 heterocycles. The Labute approximate surface area is 193 Å². The van der Waals surface area contributed by atoms with Crippen LogP contribution in [0.15, 0.2) is 48.5 Å². The summed E-state index contributed by atoms with van der Waals surface area (Å²) in [5.41, 5.74) is 4.17. The van der Waals surface area contributed by atoms with Gasteiger partial charge in [0, 0.05) is 11.5 Å². The van der Waals surface area contributed by atoms with Gasteiger partial charge in [-0.15, -0.1) is 0 Å². The summed E-state index contributed by atoms with van der Waals surface area (Å²) in [5.74, 6) is 0.119. The van der Waals surface area contributed by atoms with Crippen molar-refractivity contribution in [1.82, 2.24) is 0 Å². The van der Waals surface area contributed by atoms with Crippen molar-refractivity contribution in [2.24, 2.45) is 17.8 Å². The molecule has 170 valence electrons. The lowest BCUT2D eigenvalue weighted by molar-refractivity contribution is -0.126. The molecule has 2 aromatic carbocycles. The number of aryl methyl sites for hydroxylation is 2. The smallest absolute Gasteiger partial charge is 0.173 e. The van der Waals surface area contributed by atoms with Crippen LogP contribution in [0.5, 0.6) is 0 Å². The largest absolute Gasteiger partial charge is 0.298 e. The van der Waals surface area contributed by atoms with Gasteiger partial charge in [0.15, 0.2) is 11.6 Å². The zero-order valence-corrected chi connectivity index (χ0v) is 19.8. The summed E-state index contributed by atoms with van der Waals surface area (Å²) >= 11 is 0. The molecule has 2 aromatic rings. The predicted octanol–water partition coefficient (Wildman–Crippen LogP) is 7.62. The van der Waals surface area contributed by atoms with E-state index in [1.807, 2.05) is 31.2 Å². The molecule has 0 radical (unpaired) electrons. The molecule has 32 heavy (non-hydrogen) atoms. The lowest BCUT2D eigenvalue weighted by atomic mass is 9.66. The van der Waals surface area contributed by atoms with Gasteiger partial charge in [-0.2, -0.15) is 0 Å². The Balaban J connectivity index is 1.72. The maximum absolute atomic E-state index is 14.4. The van der Waals surface area contributed by atoms with Gasteiger partial charge in [0.2, 0.25) is 0 Å². The zero-order chi connectivity index (χ0) is 22.5. The molecule has 0 spiro atoms. The Morgan fingerprint density at radius 2 is 1.12 bits per heavy atom. The highest BCUT2D eigenvalue weighted by Gasteiger charge is 2.42. The quantitative estimate of drug-likeness (QED) is 0.334. The van der Waals surface area contributed by atoms with Gasteiger partial charge >= 0.3 is 0 Å². The van der Waals surface area contributed by atoms with Gasteiger partial charge in [0.05, 0.1) is 5.92 Å². The predicted molar refractivity (Wildman–Crippen MR) is 131 cm³/mol. The highest BCUT2D eigenvalue weighted by atomic mass is 16.2. The van der Waals surface area contributed by atoms with Crippen LogP contribution in [0.1, 0.15) is 97.2 Å². The second-order valence-corrected chi connectivity index (χ2v) is 10.3. The minimum atomic E-state index is -0.508. The van der Waals surface area contributed by atoms with Crippen LogP contribution in [-0.2, 0) is 4.79 Å². The van der Waals surface area contributed by atoms with Gasteiger partial charge in [0.25, 0.3) is 0 Å². The summed E-state index contributed by atoms with van der Waals surface area (Å²) in [6.45, 7) is 4.13. The Morgan fingerprint density at radius 3 is 1.66 bits per heavy atom. The average Bonchev–Trinajstić information content (AvgIpc) is 2.82. The van der Waals surface area contributed by atoms with Gasteiger partial charge < -0.3 is 0 Å². The summed E-state index contributed by atoms with van der Waals surface area (Å²) in [6.07, 6.45) is 11.3. The molecular formula is C30H38O2. The monoisotopic (exact) mass is 430 g/mol. The van der Waals surface area contributed by atoms with Crippen LogP contribution in [0.4, 0.5) is 0 Å². The van der Waals surface area contributed by atoms with Crippen LogP contribution in [0.2, 0.25) is 0 Å². The van der Waals surface area contributed by atoms with E-state index in [4.69, 9.17) is 0 Å². The van der Waals surface area contributed by atoms with E-state index in [0.717, 1.165) is 49.7 Å². The fraction of sp³-hybridized carbons (Fsp3) is 0.533. The van der Waals surface area contributed by atoms with E-state index in [2.05, 4.69) is 31.2 Å². The molecule has 0 amide bonds. The maximum atomic E-state index is 14.4. The van der Waals surface area contributed by atoms with Gasteiger partial charge in [-0.05, 0) is 56.9 Å². The fourth-order valence-corrected chi connectivity index (χ4v) is 6.04. The van der Waals surface area contributed by atoms with Gasteiger partial charge in [-0.25, -0.2) is 0 Å². The van der Waals surface area contributed by atoms with E-state index >= 15 is 0 Å². The number of benzene rings is 2. The van der Waals surface area contributed by atoms with Crippen LogP contribution in [-0.4, -0.2) is 11.6 Å².